The zero-order valence-corrected chi connectivity index (χ0v) is 10.1. The maximum absolute atomic E-state index is 11.8. The molecular formula is C8H16N2O5S. The van der Waals surface area contributed by atoms with Crippen LogP contribution in [0, 0.1) is 5.92 Å². The van der Waals surface area contributed by atoms with E-state index in [9.17, 15) is 13.2 Å². The second kappa shape index (κ2) is 5.09. The molecule has 0 saturated carbocycles. The Bertz CT molecular complexity index is 353. The highest BCUT2D eigenvalue weighted by molar-refractivity contribution is 7.86. The van der Waals surface area contributed by atoms with Gasteiger partial charge in [-0.25, -0.2) is 0 Å². The van der Waals surface area contributed by atoms with Gasteiger partial charge in [0.2, 0.25) is 0 Å². The molecule has 1 unspecified atom stereocenters. The Balaban J connectivity index is 2.84. The van der Waals surface area contributed by atoms with E-state index in [1.807, 2.05) is 0 Å². The van der Waals surface area contributed by atoms with Crippen LogP contribution in [0.2, 0.25) is 0 Å². The maximum atomic E-state index is 11.8. The van der Waals surface area contributed by atoms with E-state index >= 15 is 0 Å². The molecule has 1 rings (SSSR count). The Morgan fingerprint density at radius 2 is 2.12 bits per heavy atom. The van der Waals surface area contributed by atoms with E-state index in [2.05, 4.69) is 0 Å². The van der Waals surface area contributed by atoms with Crippen molar-refractivity contribution in [3.63, 3.8) is 0 Å². The van der Waals surface area contributed by atoms with Gasteiger partial charge < -0.3 is 9.84 Å². The first-order valence-corrected chi connectivity index (χ1v) is 6.23. The quantitative estimate of drug-likeness (QED) is 0.683. The average molecular weight is 252 g/mol. The van der Waals surface area contributed by atoms with Crippen LogP contribution in [0.5, 0.6) is 0 Å². The summed E-state index contributed by atoms with van der Waals surface area (Å²) in [4.78, 5) is 10.8. The molecule has 0 aromatic heterocycles. The summed E-state index contributed by atoms with van der Waals surface area (Å²) >= 11 is 0. The summed E-state index contributed by atoms with van der Waals surface area (Å²) in [7, 11) is -0.739. The lowest BCUT2D eigenvalue weighted by Gasteiger charge is -2.24. The normalized spacial score (nSPS) is 24.3. The number of aliphatic carboxylic acids is 1. The third-order valence-electron chi connectivity index (χ3n) is 2.37. The van der Waals surface area contributed by atoms with Crippen LogP contribution in [0.15, 0.2) is 0 Å². The lowest BCUT2D eigenvalue weighted by molar-refractivity contribution is -0.143. The average Bonchev–Trinajstić information content (AvgIpc) is 2.42. The van der Waals surface area contributed by atoms with Crippen molar-refractivity contribution in [2.45, 2.75) is 0 Å². The van der Waals surface area contributed by atoms with Crippen molar-refractivity contribution in [1.82, 2.24) is 8.61 Å². The van der Waals surface area contributed by atoms with Crippen molar-refractivity contribution < 1.29 is 23.1 Å². The molecule has 1 aliphatic rings. The predicted octanol–water partition coefficient (Wildman–Crippen LogP) is -1.17. The number of hydrogen-bond donors (Lipinski definition) is 1. The number of rotatable bonds is 3. The molecule has 1 saturated heterocycles. The van der Waals surface area contributed by atoms with Gasteiger partial charge in [0.05, 0.1) is 19.1 Å². The zero-order chi connectivity index (χ0) is 12.3. The molecule has 1 heterocycles. The highest BCUT2D eigenvalue weighted by Gasteiger charge is 2.32. The molecule has 1 aliphatic heterocycles. The van der Waals surface area contributed by atoms with Crippen LogP contribution in [-0.4, -0.2) is 68.5 Å². The van der Waals surface area contributed by atoms with Crippen LogP contribution < -0.4 is 0 Å². The minimum atomic E-state index is -3.57. The van der Waals surface area contributed by atoms with Crippen molar-refractivity contribution in [3.8, 4) is 0 Å². The van der Waals surface area contributed by atoms with E-state index in [4.69, 9.17) is 9.84 Å². The van der Waals surface area contributed by atoms with Gasteiger partial charge in [-0.05, 0) is 0 Å². The maximum Gasteiger partial charge on any atom is 0.310 e. The minimum Gasteiger partial charge on any atom is -0.481 e. The van der Waals surface area contributed by atoms with Gasteiger partial charge in [-0.2, -0.15) is 17.0 Å². The van der Waals surface area contributed by atoms with Crippen LogP contribution in [0.3, 0.4) is 0 Å². The molecule has 8 heteroatoms. The lowest BCUT2D eigenvalue weighted by Crippen LogP contribution is -2.44. The van der Waals surface area contributed by atoms with E-state index in [1.54, 1.807) is 0 Å². The fraction of sp³-hybridized carbons (Fsp3) is 0.875. The first kappa shape index (κ1) is 13.4. The van der Waals surface area contributed by atoms with Crippen LogP contribution in [0.25, 0.3) is 0 Å². The van der Waals surface area contributed by atoms with Gasteiger partial charge in [-0.1, -0.05) is 0 Å². The summed E-state index contributed by atoms with van der Waals surface area (Å²) in [5.41, 5.74) is 0. The molecule has 0 amide bonds. The van der Waals surface area contributed by atoms with Gasteiger partial charge in [0, 0.05) is 27.2 Å². The van der Waals surface area contributed by atoms with Crippen molar-refractivity contribution in [2.24, 2.45) is 5.92 Å². The molecule has 16 heavy (non-hydrogen) atoms. The molecule has 0 aromatic carbocycles. The summed E-state index contributed by atoms with van der Waals surface area (Å²) < 4.78 is 30.9. The molecule has 0 spiro atoms. The highest BCUT2D eigenvalue weighted by atomic mass is 32.2. The van der Waals surface area contributed by atoms with Gasteiger partial charge in [0.25, 0.3) is 10.2 Å². The van der Waals surface area contributed by atoms with Gasteiger partial charge >= 0.3 is 5.97 Å². The zero-order valence-electron chi connectivity index (χ0n) is 9.29. The van der Waals surface area contributed by atoms with E-state index in [1.165, 1.54) is 14.1 Å². The molecule has 0 aromatic rings. The SMILES string of the molecule is CN(C)S(=O)(=O)N1CCOCC(C(=O)O)C1. The Morgan fingerprint density at radius 3 is 2.62 bits per heavy atom. The van der Waals surface area contributed by atoms with E-state index in [0.29, 0.717) is 0 Å². The van der Waals surface area contributed by atoms with Crippen molar-refractivity contribution in [3.05, 3.63) is 0 Å². The summed E-state index contributed by atoms with van der Waals surface area (Å²) in [6.45, 7) is 0.409. The van der Waals surface area contributed by atoms with Gasteiger partial charge in [-0.15, -0.1) is 0 Å². The molecule has 1 fully saturated rings. The topological polar surface area (TPSA) is 87.2 Å². The van der Waals surface area contributed by atoms with Crippen molar-refractivity contribution in [1.29, 1.82) is 0 Å². The summed E-state index contributed by atoms with van der Waals surface area (Å²) in [5.74, 6) is -1.85. The van der Waals surface area contributed by atoms with E-state index in [-0.39, 0.29) is 26.3 Å². The van der Waals surface area contributed by atoms with Crippen molar-refractivity contribution in [2.75, 3.05) is 40.4 Å². The number of carboxylic acids is 1. The Labute approximate surface area is 94.8 Å². The number of carboxylic acid groups (broad SMARTS) is 1. The molecular weight excluding hydrogens is 236 g/mol. The minimum absolute atomic E-state index is 0.0458. The third-order valence-corrected chi connectivity index (χ3v) is 4.27. The molecule has 0 aliphatic carbocycles. The van der Waals surface area contributed by atoms with Crippen LogP contribution in [0.4, 0.5) is 0 Å². The van der Waals surface area contributed by atoms with Crippen molar-refractivity contribution >= 4 is 16.2 Å². The van der Waals surface area contributed by atoms with Gasteiger partial charge in [0.1, 0.15) is 0 Å². The molecule has 1 atom stereocenters. The monoisotopic (exact) mass is 252 g/mol. The summed E-state index contributed by atoms with van der Waals surface area (Å²) in [5, 5.41) is 8.87. The van der Waals surface area contributed by atoms with Gasteiger partial charge in [0.15, 0.2) is 0 Å². The summed E-state index contributed by atoms with van der Waals surface area (Å²) in [6.07, 6.45) is 0. The second-order valence-corrected chi connectivity index (χ2v) is 5.90. The second-order valence-electron chi connectivity index (χ2n) is 3.76. The van der Waals surface area contributed by atoms with E-state index < -0.39 is 22.1 Å². The predicted molar refractivity (Wildman–Crippen MR) is 56.1 cm³/mol. The van der Waals surface area contributed by atoms with E-state index in [0.717, 1.165) is 8.61 Å². The molecule has 0 bridgehead atoms. The van der Waals surface area contributed by atoms with Crippen LogP contribution in [-0.2, 0) is 19.7 Å². The highest BCUT2D eigenvalue weighted by Crippen LogP contribution is 2.12. The standard InChI is InChI=1S/C8H16N2O5S/c1-9(2)16(13,14)10-3-4-15-6-7(5-10)8(11)12/h7H,3-6H2,1-2H3,(H,11,12). The first-order chi connectivity index (χ1) is 7.35. The molecule has 7 nitrogen and oxygen atoms in total. The lowest BCUT2D eigenvalue weighted by atomic mass is 10.2. The largest absolute Gasteiger partial charge is 0.481 e. The molecule has 94 valence electrons. The number of ether oxygens (including phenoxy) is 1. The Hall–Kier alpha value is -0.700. The first-order valence-electron chi connectivity index (χ1n) is 4.84. The Kier molecular flexibility index (Phi) is 4.25. The van der Waals surface area contributed by atoms with Crippen LogP contribution in [0.1, 0.15) is 0 Å². The molecule has 0 radical (unpaired) electrons. The fourth-order valence-electron chi connectivity index (χ4n) is 1.37. The smallest absolute Gasteiger partial charge is 0.310 e. The Morgan fingerprint density at radius 1 is 1.50 bits per heavy atom. The number of hydrogen-bond acceptors (Lipinski definition) is 4. The fourth-order valence-corrected chi connectivity index (χ4v) is 2.51. The molecule has 1 N–H and O–H groups in total. The number of nitrogens with zero attached hydrogens (tertiary/aromatic N) is 2. The third kappa shape index (κ3) is 2.91. The number of carbonyl (C=O) groups is 1. The van der Waals surface area contributed by atoms with Crippen LogP contribution >= 0.6 is 0 Å². The summed E-state index contributed by atoms with van der Waals surface area (Å²) in [6, 6.07) is 0. The van der Waals surface area contributed by atoms with Gasteiger partial charge in [-0.3, -0.25) is 4.79 Å².